The summed E-state index contributed by atoms with van der Waals surface area (Å²) in [6.07, 6.45) is -2.21. The molecule has 1 fully saturated rings. The van der Waals surface area contributed by atoms with Gasteiger partial charge in [0.25, 0.3) is 5.91 Å². The van der Waals surface area contributed by atoms with Gasteiger partial charge in [-0.1, -0.05) is 11.6 Å². The highest BCUT2D eigenvalue weighted by Gasteiger charge is 2.42. The Balaban J connectivity index is 1.94. The van der Waals surface area contributed by atoms with Gasteiger partial charge in [-0.05, 0) is 39.0 Å². The maximum atomic E-state index is 14.6. The molecule has 1 aliphatic heterocycles. The second-order valence-corrected chi connectivity index (χ2v) is 7.67. The Morgan fingerprint density at radius 3 is 2.46 bits per heavy atom. The van der Waals surface area contributed by atoms with Crippen LogP contribution < -0.4 is 9.64 Å². The number of hydrogen-bond donors (Lipinski definition) is 0. The minimum absolute atomic E-state index is 0.152. The molecule has 1 saturated heterocycles. The van der Waals surface area contributed by atoms with Crippen molar-refractivity contribution in [3.63, 3.8) is 0 Å². The van der Waals surface area contributed by atoms with Crippen molar-refractivity contribution in [1.29, 1.82) is 0 Å². The van der Waals surface area contributed by atoms with E-state index >= 15 is 0 Å². The number of likely N-dealkylation sites (tertiary alicyclic amines) is 1. The summed E-state index contributed by atoms with van der Waals surface area (Å²) in [5.74, 6) is -0.758. The third-order valence-electron chi connectivity index (χ3n) is 4.06. The van der Waals surface area contributed by atoms with Gasteiger partial charge in [0.1, 0.15) is 11.4 Å². The van der Waals surface area contributed by atoms with Crippen LogP contribution in [0.5, 0.6) is 5.75 Å². The third-order valence-corrected chi connectivity index (χ3v) is 4.36. The number of rotatable bonds is 4. The highest BCUT2D eigenvalue weighted by molar-refractivity contribution is 6.32. The van der Waals surface area contributed by atoms with Gasteiger partial charge in [0.05, 0.1) is 12.1 Å². The number of carbonyl (C=O) groups excluding carboxylic acids is 2. The van der Waals surface area contributed by atoms with Crippen molar-refractivity contribution < 1.29 is 23.5 Å². The van der Waals surface area contributed by atoms with Gasteiger partial charge in [-0.15, -0.1) is 0 Å². The van der Waals surface area contributed by atoms with E-state index in [1.54, 1.807) is 39.0 Å². The topological polar surface area (TPSA) is 59.1 Å². The Labute approximate surface area is 157 Å². The monoisotopic (exact) mass is 386 g/mol. The number of halogens is 2. The van der Waals surface area contributed by atoms with E-state index in [-0.39, 0.29) is 13.1 Å². The molecule has 0 aliphatic carbocycles. The lowest BCUT2D eigenvalue weighted by Gasteiger charge is -2.41. The molecule has 6 nitrogen and oxygen atoms in total. The lowest BCUT2D eigenvalue weighted by atomic mass is 9.94. The molecule has 1 aromatic rings. The Kier molecular flexibility index (Phi) is 6.01. The number of ether oxygens (including phenoxy) is 2. The number of hydrogen-bond acceptors (Lipinski definition) is 4. The van der Waals surface area contributed by atoms with Crippen LogP contribution in [0.1, 0.15) is 20.8 Å². The molecule has 8 heteroatoms. The van der Waals surface area contributed by atoms with E-state index in [1.807, 2.05) is 0 Å². The number of anilines is 1. The zero-order valence-corrected chi connectivity index (χ0v) is 16.3. The van der Waals surface area contributed by atoms with Gasteiger partial charge < -0.3 is 19.3 Å². The molecule has 0 N–H and O–H groups in total. The SMILES string of the molecule is COc1ccc(N(C)C(=O)C(F)C2CN(C(=O)OC(C)(C)C)C2)cc1Cl. The molecule has 0 bridgehead atoms. The molecule has 1 unspecified atom stereocenters. The summed E-state index contributed by atoms with van der Waals surface area (Å²) in [7, 11) is 2.97. The molecule has 144 valence electrons. The Hall–Kier alpha value is -2.02. The van der Waals surface area contributed by atoms with Crippen LogP contribution in [0.3, 0.4) is 0 Å². The fraction of sp³-hybridized carbons (Fsp3) is 0.556. The normalized spacial score (nSPS) is 15.9. The van der Waals surface area contributed by atoms with E-state index in [0.717, 1.165) is 0 Å². The van der Waals surface area contributed by atoms with Gasteiger partial charge in [-0.25, -0.2) is 9.18 Å². The lowest BCUT2D eigenvalue weighted by molar-refractivity contribution is -0.127. The van der Waals surface area contributed by atoms with Gasteiger partial charge in [-0.3, -0.25) is 4.79 Å². The highest BCUT2D eigenvalue weighted by Crippen LogP contribution is 2.30. The molecule has 1 aromatic carbocycles. The fourth-order valence-corrected chi connectivity index (χ4v) is 2.80. The van der Waals surface area contributed by atoms with E-state index in [0.29, 0.717) is 16.5 Å². The predicted octanol–water partition coefficient (Wildman–Crippen LogP) is 3.52. The number of methoxy groups -OCH3 is 1. The van der Waals surface area contributed by atoms with Crippen molar-refractivity contribution >= 4 is 29.3 Å². The third kappa shape index (κ3) is 4.58. The van der Waals surface area contributed by atoms with Crippen molar-refractivity contribution in [1.82, 2.24) is 4.90 Å². The number of nitrogens with zero attached hydrogens (tertiary/aromatic N) is 2. The quantitative estimate of drug-likeness (QED) is 0.794. The molecule has 0 aromatic heterocycles. The second-order valence-electron chi connectivity index (χ2n) is 7.26. The maximum Gasteiger partial charge on any atom is 0.410 e. The van der Waals surface area contributed by atoms with Crippen molar-refractivity contribution in [3.8, 4) is 5.75 Å². The van der Waals surface area contributed by atoms with E-state index in [4.69, 9.17) is 21.1 Å². The van der Waals surface area contributed by atoms with E-state index in [1.165, 1.54) is 24.0 Å². The zero-order valence-electron chi connectivity index (χ0n) is 15.6. The summed E-state index contributed by atoms with van der Waals surface area (Å²) in [6, 6.07) is 4.78. The fourth-order valence-electron chi connectivity index (χ4n) is 2.55. The first-order chi connectivity index (χ1) is 12.0. The first-order valence-electron chi connectivity index (χ1n) is 8.26. The van der Waals surface area contributed by atoms with Crippen LogP contribution in [-0.4, -0.2) is 55.9 Å². The average molecular weight is 387 g/mol. The van der Waals surface area contributed by atoms with Gasteiger partial charge in [0, 0.05) is 31.7 Å². The largest absolute Gasteiger partial charge is 0.495 e. The molecular weight excluding hydrogens is 363 g/mol. The molecule has 1 heterocycles. The maximum absolute atomic E-state index is 14.6. The second kappa shape index (κ2) is 7.70. The average Bonchev–Trinajstić information content (AvgIpc) is 2.50. The first-order valence-corrected chi connectivity index (χ1v) is 8.64. The van der Waals surface area contributed by atoms with Crippen LogP contribution in [-0.2, 0) is 9.53 Å². The number of amides is 2. The Morgan fingerprint density at radius 1 is 1.35 bits per heavy atom. The van der Waals surface area contributed by atoms with E-state index < -0.39 is 29.7 Å². The number of alkyl halides is 1. The summed E-state index contributed by atoms with van der Waals surface area (Å²) in [5, 5.41) is 0.333. The molecule has 0 spiro atoms. The van der Waals surface area contributed by atoms with E-state index in [2.05, 4.69) is 0 Å². The standard InChI is InChI=1S/C18H24ClFN2O4/c1-18(2,3)26-17(24)22-9-11(10-22)15(20)16(23)21(4)12-6-7-14(25-5)13(19)8-12/h6-8,11,15H,9-10H2,1-5H3. The first kappa shape index (κ1) is 20.3. The summed E-state index contributed by atoms with van der Waals surface area (Å²) < 4.78 is 24.9. The van der Waals surface area contributed by atoms with Crippen molar-refractivity contribution in [3.05, 3.63) is 23.2 Å². The van der Waals surface area contributed by atoms with Crippen molar-refractivity contribution in [2.45, 2.75) is 32.5 Å². The van der Waals surface area contributed by atoms with Crippen molar-refractivity contribution in [2.75, 3.05) is 32.1 Å². The van der Waals surface area contributed by atoms with Crippen LogP contribution in [0.15, 0.2) is 18.2 Å². The van der Waals surface area contributed by atoms with Crippen LogP contribution in [0.2, 0.25) is 5.02 Å². The van der Waals surface area contributed by atoms with Gasteiger partial charge in [0.15, 0.2) is 6.17 Å². The minimum atomic E-state index is -1.71. The zero-order chi connectivity index (χ0) is 19.6. The number of carbonyl (C=O) groups is 2. The van der Waals surface area contributed by atoms with E-state index in [9.17, 15) is 14.0 Å². The smallest absolute Gasteiger partial charge is 0.410 e. The van der Waals surface area contributed by atoms with Crippen molar-refractivity contribution in [2.24, 2.45) is 5.92 Å². The summed E-state index contributed by atoms with van der Waals surface area (Å²) >= 11 is 6.05. The van der Waals surface area contributed by atoms with Crippen LogP contribution >= 0.6 is 11.6 Å². The molecule has 2 amide bonds. The molecule has 1 atom stereocenters. The molecular formula is C18H24ClFN2O4. The van der Waals surface area contributed by atoms with Gasteiger partial charge in [0.2, 0.25) is 0 Å². The molecule has 0 radical (unpaired) electrons. The molecule has 1 aliphatic rings. The highest BCUT2D eigenvalue weighted by atomic mass is 35.5. The predicted molar refractivity (Wildman–Crippen MR) is 97.6 cm³/mol. The summed E-state index contributed by atoms with van der Waals surface area (Å²) in [4.78, 5) is 26.9. The number of benzene rings is 1. The Bertz CT molecular complexity index is 686. The van der Waals surface area contributed by atoms with Gasteiger partial charge >= 0.3 is 6.09 Å². The molecule has 2 rings (SSSR count). The minimum Gasteiger partial charge on any atom is -0.495 e. The lowest BCUT2D eigenvalue weighted by Crippen LogP contribution is -2.57. The summed E-state index contributed by atoms with van der Waals surface area (Å²) in [6.45, 7) is 5.59. The molecule has 0 saturated carbocycles. The Morgan fingerprint density at radius 2 is 1.96 bits per heavy atom. The van der Waals surface area contributed by atoms with Crippen LogP contribution in [0.25, 0.3) is 0 Å². The molecule has 26 heavy (non-hydrogen) atoms. The van der Waals surface area contributed by atoms with Crippen LogP contribution in [0.4, 0.5) is 14.9 Å². The van der Waals surface area contributed by atoms with Crippen LogP contribution in [0, 0.1) is 5.92 Å². The summed E-state index contributed by atoms with van der Waals surface area (Å²) in [5.41, 5.74) is -0.146. The van der Waals surface area contributed by atoms with Gasteiger partial charge in [-0.2, -0.15) is 0 Å².